The van der Waals surface area contributed by atoms with Gasteiger partial charge in [0.25, 0.3) is 0 Å². The molecule has 3 aromatic heterocycles. The zero-order valence-electron chi connectivity index (χ0n) is 19.4. The number of hydrogen-bond acceptors (Lipinski definition) is 8. The number of anilines is 2. The second-order valence-corrected chi connectivity index (χ2v) is 7.76. The van der Waals surface area contributed by atoms with Gasteiger partial charge >= 0.3 is 0 Å². The van der Waals surface area contributed by atoms with E-state index in [9.17, 15) is 0 Å². The normalized spacial score (nSPS) is 10.9. The van der Waals surface area contributed by atoms with E-state index >= 15 is 0 Å². The predicted molar refractivity (Wildman–Crippen MR) is 132 cm³/mol. The van der Waals surface area contributed by atoms with Gasteiger partial charge in [0, 0.05) is 49.6 Å². The Balaban J connectivity index is 1.36. The van der Waals surface area contributed by atoms with Crippen molar-refractivity contribution in [2.45, 2.75) is 13.3 Å². The lowest BCUT2D eigenvalue weighted by atomic mass is 10.2. The number of imidazole rings is 1. The van der Waals surface area contributed by atoms with Gasteiger partial charge in [-0.15, -0.1) is 0 Å². The average Bonchev–Trinajstić information content (AvgIpc) is 3.35. The van der Waals surface area contributed by atoms with Gasteiger partial charge in [0.15, 0.2) is 0 Å². The van der Waals surface area contributed by atoms with Crippen molar-refractivity contribution in [2.75, 3.05) is 38.7 Å². The molecule has 0 aliphatic heterocycles. The molecule has 0 radical (unpaired) electrons. The van der Waals surface area contributed by atoms with Crippen LogP contribution in [0.3, 0.4) is 0 Å². The summed E-state index contributed by atoms with van der Waals surface area (Å²) >= 11 is 0. The number of methoxy groups -OCH3 is 1. The van der Waals surface area contributed by atoms with Crippen molar-refractivity contribution in [1.29, 1.82) is 0 Å². The smallest absolute Gasteiger partial charge is 0.227 e. The summed E-state index contributed by atoms with van der Waals surface area (Å²) in [5.41, 5.74) is 4.41. The molecule has 1 aromatic carbocycles. The van der Waals surface area contributed by atoms with Crippen LogP contribution in [-0.4, -0.2) is 58.3 Å². The number of pyridine rings is 1. The van der Waals surface area contributed by atoms with Gasteiger partial charge < -0.3 is 25.1 Å². The van der Waals surface area contributed by atoms with E-state index in [2.05, 4.69) is 35.6 Å². The Morgan fingerprint density at radius 3 is 2.82 bits per heavy atom. The first kappa shape index (κ1) is 23.3. The number of nitrogens with one attached hydrogen (secondary N) is 3. The Morgan fingerprint density at radius 2 is 1.94 bits per heavy atom. The number of H-pyrrole nitrogens is 1. The lowest BCUT2D eigenvalue weighted by molar-refractivity contribution is 0.198. The third kappa shape index (κ3) is 6.60. The highest BCUT2D eigenvalue weighted by atomic mass is 16.5. The topological polar surface area (TPSA) is 110 Å². The van der Waals surface area contributed by atoms with E-state index < -0.39 is 0 Å². The van der Waals surface area contributed by atoms with Crippen LogP contribution < -0.4 is 15.4 Å². The van der Waals surface area contributed by atoms with E-state index in [0.29, 0.717) is 19.2 Å². The maximum atomic E-state index is 5.87. The number of aryl methyl sites for hydroxylation is 1. The van der Waals surface area contributed by atoms with Gasteiger partial charge in [-0.05, 0) is 49.7 Å². The van der Waals surface area contributed by atoms with Crippen molar-refractivity contribution >= 4 is 11.6 Å². The van der Waals surface area contributed by atoms with Crippen LogP contribution in [0.1, 0.15) is 12.0 Å². The quantitative estimate of drug-likeness (QED) is 0.273. The highest BCUT2D eigenvalue weighted by Gasteiger charge is 2.09. The Morgan fingerprint density at radius 1 is 1.00 bits per heavy atom. The van der Waals surface area contributed by atoms with Gasteiger partial charge in [0.05, 0.1) is 30.8 Å². The van der Waals surface area contributed by atoms with E-state index in [0.717, 1.165) is 59.3 Å². The summed E-state index contributed by atoms with van der Waals surface area (Å²) in [5.74, 6) is 2.03. The standard InChI is InChI=1S/C25H29N7O2/c1-18-13-19(16-27-15-18)24-29-17-23(31-24)22-7-9-28-25(32-22)30-20-5-3-6-21(14-20)34-11-4-8-26-10-12-33-2/h3,5-7,9,13-17,26H,4,8,10-12H2,1-2H3,(H,29,31)(H,28,30,32). The summed E-state index contributed by atoms with van der Waals surface area (Å²) < 4.78 is 10.9. The Kier molecular flexibility index (Phi) is 8.15. The number of benzene rings is 1. The maximum Gasteiger partial charge on any atom is 0.227 e. The van der Waals surface area contributed by atoms with E-state index in [-0.39, 0.29) is 0 Å². The van der Waals surface area contributed by atoms with E-state index in [1.807, 2.05) is 49.5 Å². The van der Waals surface area contributed by atoms with Crippen molar-refractivity contribution in [2.24, 2.45) is 0 Å². The highest BCUT2D eigenvalue weighted by Crippen LogP contribution is 2.23. The van der Waals surface area contributed by atoms with E-state index in [1.165, 1.54) is 0 Å². The Hall–Kier alpha value is -3.82. The number of ether oxygens (including phenoxy) is 2. The second-order valence-electron chi connectivity index (χ2n) is 7.76. The Labute approximate surface area is 199 Å². The molecule has 4 rings (SSSR count). The third-order valence-corrected chi connectivity index (χ3v) is 5.00. The van der Waals surface area contributed by atoms with Crippen LogP contribution in [0.2, 0.25) is 0 Å². The van der Waals surface area contributed by atoms with Crippen LogP contribution in [0, 0.1) is 6.92 Å². The summed E-state index contributed by atoms with van der Waals surface area (Å²) in [4.78, 5) is 21.0. The molecule has 3 heterocycles. The predicted octanol–water partition coefficient (Wildman–Crippen LogP) is 3.99. The van der Waals surface area contributed by atoms with Gasteiger partial charge in [-0.25, -0.2) is 15.0 Å². The molecule has 0 fully saturated rings. The van der Waals surface area contributed by atoms with Crippen molar-refractivity contribution in [3.8, 4) is 28.5 Å². The first-order valence-electron chi connectivity index (χ1n) is 11.2. The molecule has 3 N–H and O–H groups in total. The monoisotopic (exact) mass is 459 g/mol. The summed E-state index contributed by atoms with van der Waals surface area (Å²) in [6.45, 7) is 5.08. The molecule has 0 saturated carbocycles. The molecular formula is C25H29N7O2. The Bertz CT molecular complexity index is 1200. The molecule has 0 spiro atoms. The molecule has 0 amide bonds. The van der Waals surface area contributed by atoms with Crippen LogP contribution in [0.25, 0.3) is 22.8 Å². The van der Waals surface area contributed by atoms with Crippen LogP contribution >= 0.6 is 0 Å². The van der Waals surface area contributed by atoms with Gasteiger partial charge in [0.2, 0.25) is 5.95 Å². The number of aromatic amines is 1. The number of rotatable bonds is 12. The minimum atomic E-state index is 0.491. The van der Waals surface area contributed by atoms with Crippen molar-refractivity contribution in [3.05, 3.63) is 66.7 Å². The molecular weight excluding hydrogens is 430 g/mol. The van der Waals surface area contributed by atoms with Crippen LogP contribution in [0.15, 0.2) is 61.2 Å². The van der Waals surface area contributed by atoms with Gasteiger partial charge in [0.1, 0.15) is 11.6 Å². The molecule has 0 aliphatic carbocycles. The van der Waals surface area contributed by atoms with Gasteiger partial charge in [-0.1, -0.05) is 6.07 Å². The third-order valence-electron chi connectivity index (χ3n) is 5.00. The molecule has 0 bridgehead atoms. The first-order valence-corrected chi connectivity index (χ1v) is 11.2. The molecule has 0 saturated heterocycles. The molecule has 0 aliphatic rings. The van der Waals surface area contributed by atoms with E-state index in [1.54, 1.807) is 25.7 Å². The zero-order valence-corrected chi connectivity index (χ0v) is 19.4. The lowest BCUT2D eigenvalue weighted by Gasteiger charge is -2.10. The fourth-order valence-corrected chi connectivity index (χ4v) is 3.33. The molecule has 34 heavy (non-hydrogen) atoms. The summed E-state index contributed by atoms with van der Waals surface area (Å²) in [6, 6.07) is 11.6. The maximum absolute atomic E-state index is 5.87. The number of hydrogen-bond donors (Lipinski definition) is 3. The van der Waals surface area contributed by atoms with E-state index in [4.69, 9.17) is 9.47 Å². The van der Waals surface area contributed by atoms with Crippen molar-refractivity contribution < 1.29 is 9.47 Å². The largest absolute Gasteiger partial charge is 0.493 e. The molecule has 9 heteroatoms. The van der Waals surface area contributed by atoms with Crippen LogP contribution in [-0.2, 0) is 4.74 Å². The fraction of sp³-hybridized carbons (Fsp3) is 0.280. The molecule has 176 valence electrons. The summed E-state index contributed by atoms with van der Waals surface area (Å²) in [7, 11) is 1.70. The minimum Gasteiger partial charge on any atom is -0.493 e. The average molecular weight is 460 g/mol. The SMILES string of the molecule is COCCNCCCOc1cccc(Nc2nccc(-c3cnc(-c4cncc(C)c4)[nH]3)n2)c1. The van der Waals surface area contributed by atoms with Gasteiger partial charge in [-0.2, -0.15) is 0 Å². The minimum absolute atomic E-state index is 0.491. The zero-order chi connectivity index (χ0) is 23.6. The van der Waals surface area contributed by atoms with Crippen molar-refractivity contribution in [3.63, 3.8) is 0 Å². The fourth-order valence-electron chi connectivity index (χ4n) is 3.33. The molecule has 4 aromatic rings. The molecule has 9 nitrogen and oxygen atoms in total. The van der Waals surface area contributed by atoms with Crippen molar-refractivity contribution in [1.82, 2.24) is 30.2 Å². The second kappa shape index (κ2) is 11.9. The van der Waals surface area contributed by atoms with Crippen LogP contribution in [0.5, 0.6) is 5.75 Å². The van der Waals surface area contributed by atoms with Gasteiger partial charge in [-0.3, -0.25) is 4.98 Å². The first-order chi connectivity index (χ1) is 16.7. The highest BCUT2D eigenvalue weighted by molar-refractivity contribution is 5.63. The summed E-state index contributed by atoms with van der Waals surface area (Å²) in [6.07, 6.45) is 8.00. The lowest BCUT2D eigenvalue weighted by Crippen LogP contribution is -2.21. The summed E-state index contributed by atoms with van der Waals surface area (Å²) in [5, 5.41) is 6.56. The number of aromatic nitrogens is 5. The van der Waals surface area contributed by atoms with Crippen LogP contribution in [0.4, 0.5) is 11.6 Å². The number of nitrogens with zero attached hydrogens (tertiary/aromatic N) is 4. The molecule has 0 atom stereocenters. The molecule has 0 unspecified atom stereocenters.